The van der Waals surface area contributed by atoms with Crippen LogP contribution in [0.25, 0.3) is 0 Å². The molecule has 0 fully saturated rings. The van der Waals surface area contributed by atoms with Gasteiger partial charge in [0.25, 0.3) is 0 Å². The molecule has 0 radical (unpaired) electrons. The van der Waals surface area contributed by atoms with Crippen LogP contribution in [0.15, 0.2) is 24.3 Å². The van der Waals surface area contributed by atoms with E-state index in [1.165, 1.54) is 21.9 Å². The number of Topliss-reactive ketones (excluding diaryl/α,β-unsaturated/α-hetero) is 1. The average Bonchev–Trinajstić information content (AvgIpc) is 3.00. The molecule has 0 bridgehead atoms. The first kappa shape index (κ1) is 19.9. The van der Waals surface area contributed by atoms with Gasteiger partial charge in [0, 0.05) is 47.8 Å². The molecule has 0 aliphatic carbocycles. The Bertz CT molecular complexity index is 971. The van der Waals surface area contributed by atoms with Crippen LogP contribution in [-0.2, 0) is 27.8 Å². The number of carbonyl (C=O) groups excluding carboxylic acids is 2. The van der Waals surface area contributed by atoms with E-state index >= 15 is 0 Å². The molecule has 1 N–H and O–H groups in total. The highest BCUT2D eigenvalue weighted by atomic mass is 35.5. The van der Waals surface area contributed by atoms with Gasteiger partial charge in [0.15, 0.2) is 10.9 Å². The van der Waals surface area contributed by atoms with Gasteiger partial charge in [-0.3, -0.25) is 9.59 Å². The summed E-state index contributed by atoms with van der Waals surface area (Å²) in [6.07, 6.45) is 1.82. The number of nitrogens with zero attached hydrogens (tertiary/aromatic N) is 2. The lowest BCUT2D eigenvalue weighted by atomic mass is 10.1. The standard InChI is InChI=1S/C17H18ClN3O4S2/c1-27(24,25)21-9-8-13-15(10-21)26-17(19-13)20-16(23)7-6-14(22)11-2-4-12(18)5-3-11/h2-5H,6-10H2,1H3,(H,19,20,23). The van der Waals surface area contributed by atoms with Crippen molar-refractivity contribution >= 4 is 49.8 Å². The predicted octanol–water partition coefficient (Wildman–Crippen LogP) is 2.72. The van der Waals surface area contributed by atoms with Gasteiger partial charge in [-0.25, -0.2) is 13.4 Å². The minimum Gasteiger partial charge on any atom is -0.302 e. The molecule has 3 rings (SSSR count). The monoisotopic (exact) mass is 427 g/mol. The lowest BCUT2D eigenvalue weighted by Crippen LogP contribution is -2.34. The number of anilines is 1. The summed E-state index contributed by atoms with van der Waals surface area (Å²) in [6.45, 7) is 0.662. The van der Waals surface area contributed by atoms with Crippen molar-refractivity contribution in [2.75, 3.05) is 18.1 Å². The number of hydrogen-bond donors (Lipinski definition) is 1. The molecule has 1 aromatic carbocycles. The molecule has 0 saturated carbocycles. The number of aromatic nitrogens is 1. The molecule has 10 heteroatoms. The maximum Gasteiger partial charge on any atom is 0.226 e. The van der Waals surface area contributed by atoms with E-state index in [1.54, 1.807) is 24.3 Å². The summed E-state index contributed by atoms with van der Waals surface area (Å²) in [4.78, 5) is 29.4. The third kappa shape index (κ3) is 5.13. The first-order chi connectivity index (χ1) is 12.7. The van der Waals surface area contributed by atoms with E-state index in [0.717, 1.165) is 10.6 Å². The van der Waals surface area contributed by atoms with Gasteiger partial charge in [-0.05, 0) is 24.3 Å². The second kappa shape index (κ2) is 8.05. The van der Waals surface area contributed by atoms with Gasteiger partial charge >= 0.3 is 0 Å². The Morgan fingerprint density at radius 2 is 1.96 bits per heavy atom. The molecule has 1 aliphatic heterocycles. The van der Waals surface area contributed by atoms with Crippen molar-refractivity contribution in [3.05, 3.63) is 45.4 Å². The van der Waals surface area contributed by atoms with Gasteiger partial charge in [-0.15, -0.1) is 11.3 Å². The molecular formula is C17H18ClN3O4S2. The maximum absolute atomic E-state index is 12.1. The Morgan fingerprint density at radius 1 is 1.26 bits per heavy atom. The molecule has 0 unspecified atom stereocenters. The first-order valence-electron chi connectivity index (χ1n) is 8.24. The molecule has 1 amide bonds. The number of halogens is 1. The van der Waals surface area contributed by atoms with Crippen LogP contribution in [0, 0.1) is 0 Å². The Balaban J connectivity index is 1.55. The largest absolute Gasteiger partial charge is 0.302 e. The topological polar surface area (TPSA) is 96.4 Å². The summed E-state index contributed by atoms with van der Waals surface area (Å²) < 4.78 is 24.7. The van der Waals surface area contributed by atoms with Crippen molar-refractivity contribution in [2.45, 2.75) is 25.8 Å². The molecule has 0 spiro atoms. The van der Waals surface area contributed by atoms with Crippen LogP contribution >= 0.6 is 22.9 Å². The number of sulfonamides is 1. The summed E-state index contributed by atoms with van der Waals surface area (Å²) in [7, 11) is -3.25. The number of rotatable bonds is 6. The number of benzene rings is 1. The average molecular weight is 428 g/mol. The van der Waals surface area contributed by atoms with E-state index in [2.05, 4.69) is 10.3 Å². The molecule has 27 heavy (non-hydrogen) atoms. The van der Waals surface area contributed by atoms with Gasteiger partial charge < -0.3 is 5.32 Å². The highest BCUT2D eigenvalue weighted by Crippen LogP contribution is 2.29. The summed E-state index contributed by atoms with van der Waals surface area (Å²) in [5.41, 5.74) is 1.32. The molecule has 7 nitrogen and oxygen atoms in total. The number of fused-ring (bicyclic) bond motifs is 1. The van der Waals surface area contributed by atoms with Crippen LogP contribution in [-0.4, -0.2) is 42.2 Å². The fourth-order valence-corrected chi connectivity index (χ4v) is 4.73. The fourth-order valence-electron chi connectivity index (χ4n) is 2.70. The van der Waals surface area contributed by atoms with Crippen molar-refractivity contribution in [1.82, 2.24) is 9.29 Å². The van der Waals surface area contributed by atoms with Crippen LogP contribution in [0.1, 0.15) is 33.8 Å². The molecule has 0 saturated heterocycles. The Morgan fingerprint density at radius 3 is 2.63 bits per heavy atom. The van der Waals surface area contributed by atoms with E-state index < -0.39 is 10.0 Å². The maximum atomic E-state index is 12.1. The Labute approximate surface area is 166 Å². The Kier molecular flexibility index (Phi) is 5.95. The molecule has 1 aliphatic rings. The van der Waals surface area contributed by atoms with Crippen LogP contribution in [0.2, 0.25) is 5.02 Å². The number of amides is 1. The van der Waals surface area contributed by atoms with Gasteiger partial charge in [-0.1, -0.05) is 11.6 Å². The normalized spacial score (nSPS) is 14.6. The van der Waals surface area contributed by atoms with Gasteiger partial charge in [0.05, 0.1) is 11.9 Å². The third-order valence-corrected chi connectivity index (χ3v) is 6.66. The van der Waals surface area contributed by atoms with E-state index in [-0.39, 0.29) is 31.1 Å². The zero-order valence-electron chi connectivity index (χ0n) is 14.6. The number of carbonyl (C=O) groups is 2. The third-order valence-electron chi connectivity index (χ3n) is 4.16. The van der Waals surface area contributed by atoms with Gasteiger partial charge in [-0.2, -0.15) is 4.31 Å². The summed E-state index contributed by atoms with van der Waals surface area (Å²) in [5.74, 6) is -0.438. The van der Waals surface area contributed by atoms with Crippen molar-refractivity contribution < 1.29 is 18.0 Å². The molecule has 1 aromatic heterocycles. The highest BCUT2D eigenvalue weighted by molar-refractivity contribution is 7.88. The number of ketones is 1. The van der Waals surface area contributed by atoms with Crippen LogP contribution in [0.3, 0.4) is 0 Å². The van der Waals surface area contributed by atoms with Crippen molar-refractivity contribution in [2.24, 2.45) is 0 Å². The number of nitrogens with one attached hydrogen (secondary N) is 1. The molecular weight excluding hydrogens is 410 g/mol. The van der Waals surface area contributed by atoms with Crippen molar-refractivity contribution in [1.29, 1.82) is 0 Å². The second-order valence-electron chi connectivity index (χ2n) is 6.21. The van der Waals surface area contributed by atoms with Gasteiger partial charge in [0.2, 0.25) is 15.9 Å². The van der Waals surface area contributed by atoms with E-state index in [0.29, 0.717) is 28.7 Å². The van der Waals surface area contributed by atoms with E-state index in [4.69, 9.17) is 11.6 Å². The fraction of sp³-hybridized carbons (Fsp3) is 0.353. The minimum absolute atomic E-state index is 0.0428. The number of hydrogen-bond acceptors (Lipinski definition) is 6. The van der Waals surface area contributed by atoms with Crippen molar-refractivity contribution in [3.63, 3.8) is 0 Å². The van der Waals surface area contributed by atoms with E-state index in [9.17, 15) is 18.0 Å². The zero-order valence-corrected chi connectivity index (χ0v) is 17.0. The van der Waals surface area contributed by atoms with Crippen LogP contribution in [0.5, 0.6) is 0 Å². The lowest BCUT2D eigenvalue weighted by molar-refractivity contribution is -0.116. The zero-order chi connectivity index (χ0) is 19.6. The lowest BCUT2D eigenvalue weighted by Gasteiger charge is -2.23. The minimum atomic E-state index is -3.25. The smallest absolute Gasteiger partial charge is 0.226 e. The summed E-state index contributed by atoms with van der Waals surface area (Å²) >= 11 is 7.06. The van der Waals surface area contributed by atoms with Crippen LogP contribution < -0.4 is 5.32 Å². The predicted molar refractivity (Wildman–Crippen MR) is 105 cm³/mol. The van der Waals surface area contributed by atoms with Crippen molar-refractivity contribution in [3.8, 4) is 0 Å². The molecule has 2 aromatic rings. The first-order valence-corrected chi connectivity index (χ1v) is 11.3. The van der Waals surface area contributed by atoms with Gasteiger partial charge in [0.1, 0.15) is 0 Å². The van der Waals surface area contributed by atoms with Crippen LogP contribution in [0.4, 0.5) is 5.13 Å². The highest BCUT2D eigenvalue weighted by Gasteiger charge is 2.26. The molecule has 2 heterocycles. The second-order valence-corrected chi connectivity index (χ2v) is 9.72. The molecule has 144 valence electrons. The molecule has 0 atom stereocenters. The summed E-state index contributed by atoms with van der Waals surface area (Å²) in [5, 5.41) is 3.67. The Hall–Kier alpha value is -1.81. The quantitative estimate of drug-likeness (QED) is 0.715. The SMILES string of the molecule is CS(=O)(=O)N1CCc2nc(NC(=O)CCC(=O)c3ccc(Cl)cc3)sc2C1. The van der Waals surface area contributed by atoms with E-state index in [1.807, 2.05) is 0 Å². The number of thiazole rings is 1. The summed E-state index contributed by atoms with van der Waals surface area (Å²) in [6, 6.07) is 6.53.